The molecule has 0 fully saturated rings. The summed E-state index contributed by atoms with van der Waals surface area (Å²) in [5, 5.41) is 2.79. The summed E-state index contributed by atoms with van der Waals surface area (Å²) < 4.78 is 16.7. The van der Waals surface area contributed by atoms with E-state index < -0.39 is 0 Å². The number of ether oxygens (including phenoxy) is 3. The molecule has 0 aliphatic rings. The number of rotatable bonds is 9. The van der Waals surface area contributed by atoms with Crippen molar-refractivity contribution in [2.45, 2.75) is 27.7 Å². The highest BCUT2D eigenvalue weighted by atomic mass is 16.5. The first-order valence-corrected chi connectivity index (χ1v) is 8.87. The summed E-state index contributed by atoms with van der Waals surface area (Å²) >= 11 is 0. The van der Waals surface area contributed by atoms with Gasteiger partial charge in [-0.05, 0) is 63.1 Å². The van der Waals surface area contributed by atoms with Crippen molar-refractivity contribution < 1.29 is 23.8 Å². The average Bonchev–Trinajstić information content (AvgIpc) is 2.63. The number of carbonyl (C=O) groups is 2. The minimum absolute atomic E-state index is 0.140. The molecule has 6 nitrogen and oxygen atoms in total. The van der Waals surface area contributed by atoms with Gasteiger partial charge in [-0.1, -0.05) is 0 Å². The number of aldehydes is 1. The van der Waals surface area contributed by atoms with E-state index in [-0.39, 0.29) is 12.5 Å². The van der Waals surface area contributed by atoms with Gasteiger partial charge in [0.25, 0.3) is 5.91 Å². The van der Waals surface area contributed by atoms with E-state index in [4.69, 9.17) is 14.2 Å². The van der Waals surface area contributed by atoms with Crippen LogP contribution >= 0.6 is 0 Å². The number of benzene rings is 2. The van der Waals surface area contributed by atoms with Crippen molar-refractivity contribution in [1.82, 2.24) is 0 Å². The Morgan fingerprint density at radius 2 is 1.59 bits per heavy atom. The summed E-state index contributed by atoms with van der Waals surface area (Å²) in [5.41, 5.74) is 2.80. The first-order chi connectivity index (χ1) is 13.0. The molecule has 0 heterocycles. The Balaban J connectivity index is 2.04. The van der Waals surface area contributed by atoms with Crippen LogP contribution in [0, 0.1) is 13.8 Å². The lowest BCUT2D eigenvalue weighted by Gasteiger charge is -2.14. The van der Waals surface area contributed by atoms with E-state index in [1.807, 2.05) is 27.7 Å². The second-order valence-electron chi connectivity index (χ2n) is 5.97. The van der Waals surface area contributed by atoms with Gasteiger partial charge in [-0.2, -0.15) is 0 Å². The highest BCUT2D eigenvalue weighted by molar-refractivity contribution is 5.92. The summed E-state index contributed by atoms with van der Waals surface area (Å²) in [6.07, 6.45) is 0.790. The van der Waals surface area contributed by atoms with Crippen LogP contribution in [-0.4, -0.2) is 32.0 Å². The van der Waals surface area contributed by atoms with Crippen LogP contribution in [0.1, 0.15) is 35.3 Å². The van der Waals surface area contributed by atoms with Crippen molar-refractivity contribution in [2.75, 3.05) is 25.1 Å². The summed E-state index contributed by atoms with van der Waals surface area (Å²) in [5.74, 6) is 1.53. The molecule has 1 N–H and O–H groups in total. The molecule has 0 aromatic heterocycles. The molecule has 144 valence electrons. The van der Waals surface area contributed by atoms with Gasteiger partial charge in [0.05, 0.1) is 13.2 Å². The maximum Gasteiger partial charge on any atom is 0.262 e. The summed E-state index contributed by atoms with van der Waals surface area (Å²) in [7, 11) is 0. The number of anilines is 1. The number of nitrogens with one attached hydrogen (secondary N) is 1. The van der Waals surface area contributed by atoms with Gasteiger partial charge in [0.2, 0.25) is 0 Å². The average molecular weight is 371 g/mol. The smallest absolute Gasteiger partial charge is 0.262 e. The van der Waals surface area contributed by atoms with Gasteiger partial charge < -0.3 is 19.5 Å². The zero-order valence-corrected chi connectivity index (χ0v) is 16.1. The molecule has 0 aliphatic carbocycles. The van der Waals surface area contributed by atoms with Crippen LogP contribution in [0.25, 0.3) is 0 Å². The van der Waals surface area contributed by atoms with E-state index in [1.165, 1.54) is 0 Å². The molecule has 6 heteroatoms. The van der Waals surface area contributed by atoms with Gasteiger partial charge in [0.15, 0.2) is 18.1 Å². The molecule has 0 atom stereocenters. The molecule has 0 saturated heterocycles. The maximum atomic E-state index is 12.2. The van der Waals surface area contributed by atoms with Crippen LogP contribution < -0.4 is 19.5 Å². The highest BCUT2D eigenvalue weighted by Gasteiger charge is 2.11. The quantitative estimate of drug-likeness (QED) is 0.676. The van der Waals surface area contributed by atoms with E-state index in [1.54, 1.807) is 30.3 Å². The summed E-state index contributed by atoms with van der Waals surface area (Å²) in [4.78, 5) is 23.2. The van der Waals surface area contributed by atoms with Crippen LogP contribution in [0.2, 0.25) is 0 Å². The van der Waals surface area contributed by atoms with Crippen molar-refractivity contribution in [3.05, 3.63) is 47.0 Å². The van der Waals surface area contributed by atoms with Gasteiger partial charge in [-0.25, -0.2) is 0 Å². The number of hydrogen-bond acceptors (Lipinski definition) is 5. The molecule has 2 rings (SSSR count). The molecule has 1 amide bonds. The minimum atomic E-state index is -0.292. The van der Waals surface area contributed by atoms with Gasteiger partial charge in [-0.15, -0.1) is 0 Å². The van der Waals surface area contributed by atoms with Crippen LogP contribution in [-0.2, 0) is 4.79 Å². The van der Waals surface area contributed by atoms with Gasteiger partial charge >= 0.3 is 0 Å². The molecule has 0 radical (unpaired) electrons. The van der Waals surface area contributed by atoms with E-state index in [2.05, 4.69) is 5.32 Å². The molecule has 2 aromatic carbocycles. The Bertz CT molecular complexity index is 793. The van der Waals surface area contributed by atoms with Crippen LogP contribution in [0.4, 0.5) is 5.69 Å². The summed E-state index contributed by atoms with van der Waals surface area (Å²) in [6.45, 7) is 8.35. The van der Waals surface area contributed by atoms with E-state index in [0.29, 0.717) is 41.7 Å². The zero-order valence-electron chi connectivity index (χ0n) is 16.1. The lowest BCUT2D eigenvalue weighted by atomic mass is 10.1. The predicted molar refractivity (Wildman–Crippen MR) is 104 cm³/mol. The standard InChI is InChI=1S/C21H25NO5/c1-5-25-18-8-7-17(11-19(18)26-6-2)22-20(24)13-27-21-14(3)9-16(12-23)10-15(21)4/h7-12H,5-6,13H2,1-4H3,(H,22,24). The normalized spacial score (nSPS) is 10.2. The molecule has 0 spiro atoms. The van der Waals surface area contributed by atoms with Crippen molar-refractivity contribution >= 4 is 17.9 Å². The molecule has 2 aromatic rings. The Kier molecular flexibility index (Phi) is 7.23. The number of amides is 1. The SMILES string of the molecule is CCOc1ccc(NC(=O)COc2c(C)cc(C=O)cc2C)cc1OCC. The third kappa shape index (κ3) is 5.48. The van der Waals surface area contributed by atoms with Crippen molar-refractivity contribution in [1.29, 1.82) is 0 Å². The third-order valence-corrected chi connectivity index (χ3v) is 3.79. The Morgan fingerprint density at radius 1 is 0.963 bits per heavy atom. The van der Waals surface area contributed by atoms with E-state index in [9.17, 15) is 9.59 Å². The molecule has 0 unspecified atom stereocenters. The van der Waals surface area contributed by atoms with Crippen LogP contribution in [0.5, 0.6) is 17.2 Å². The van der Waals surface area contributed by atoms with Crippen molar-refractivity contribution in [2.24, 2.45) is 0 Å². The summed E-state index contributed by atoms with van der Waals surface area (Å²) in [6, 6.07) is 8.70. The van der Waals surface area contributed by atoms with E-state index in [0.717, 1.165) is 17.4 Å². The number of aryl methyl sites for hydroxylation is 2. The lowest BCUT2D eigenvalue weighted by Crippen LogP contribution is -2.20. The fraction of sp³-hybridized carbons (Fsp3) is 0.333. The molecule has 0 bridgehead atoms. The second kappa shape index (κ2) is 9.62. The monoisotopic (exact) mass is 371 g/mol. The Hall–Kier alpha value is -3.02. The zero-order chi connectivity index (χ0) is 19.8. The predicted octanol–water partition coefficient (Wildman–Crippen LogP) is 3.93. The Morgan fingerprint density at radius 3 is 2.19 bits per heavy atom. The highest BCUT2D eigenvalue weighted by Crippen LogP contribution is 2.30. The molecular weight excluding hydrogens is 346 g/mol. The Labute approximate surface area is 159 Å². The van der Waals surface area contributed by atoms with Crippen molar-refractivity contribution in [3.8, 4) is 17.2 Å². The maximum absolute atomic E-state index is 12.2. The van der Waals surface area contributed by atoms with Gasteiger partial charge in [0, 0.05) is 17.3 Å². The topological polar surface area (TPSA) is 73.9 Å². The largest absolute Gasteiger partial charge is 0.490 e. The molecule has 0 aliphatic heterocycles. The fourth-order valence-corrected chi connectivity index (χ4v) is 2.74. The van der Waals surface area contributed by atoms with Crippen molar-refractivity contribution in [3.63, 3.8) is 0 Å². The lowest BCUT2D eigenvalue weighted by molar-refractivity contribution is -0.118. The van der Waals surface area contributed by atoms with Gasteiger partial charge in [-0.3, -0.25) is 9.59 Å². The van der Waals surface area contributed by atoms with Crippen LogP contribution in [0.15, 0.2) is 30.3 Å². The second-order valence-corrected chi connectivity index (χ2v) is 5.97. The van der Waals surface area contributed by atoms with Crippen LogP contribution in [0.3, 0.4) is 0 Å². The molecule has 27 heavy (non-hydrogen) atoms. The molecular formula is C21H25NO5. The first-order valence-electron chi connectivity index (χ1n) is 8.87. The fourth-order valence-electron chi connectivity index (χ4n) is 2.74. The number of hydrogen-bond donors (Lipinski definition) is 1. The van der Waals surface area contributed by atoms with Gasteiger partial charge in [0.1, 0.15) is 12.0 Å². The minimum Gasteiger partial charge on any atom is -0.490 e. The number of carbonyl (C=O) groups excluding carboxylic acids is 2. The first kappa shape index (κ1) is 20.3. The third-order valence-electron chi connectivity index (χ3n) is 3.79. The van der Waals surface area contributed by atoms with E-state index >= 15 is 0 Å². The molecule has 0 saturated carbocycles.